The molecule has 2 aliphatic heterocycles. The molecule has 0 spiro atoms. The van der Waals surface area contributed by atoms with Crippen molar-refractivity contribution in [1.29, 1.82) is 0 Å². The van der Waals surface area contributed by atoms with Crippen molar-refractivity contribution in [2.45, 2.75) is 113 Å². The third-order valence-corrected chi connectivity index (χ3v) is 12.8. The number of fused-ring (bicyclic) bond motifs is 3. The van der Waals surface area contributed by atoms with E-state index in [1.54, 1.807) is 40.0 Å². The van der Waals surface area contributed by atoms with Crippen LogP contribution in [0, 0.1) is 5.92 Å². The van der Waals surface area contributed by atoms with Gasteiger partial charge in [0.05, 0.1) is 35.7 Å². The third kappa shape index (κ3) is 8.40. The molecule has 2 aromatic carbocycles. The molecule has 0 radical (unpaired) electrons. The van der Waals surface area contributed by atoms with Crippen LogP contribution in [-0.4, -0.2) is 90.5 Å². The summed E-state index contributed by atoms with van der Waals surface area (Å²) in [4.78, 5) is 60.8. The van der Waals surface area contributed by atoms with E-state index in [2.05, 4.69) is 15.4 Å². The molecule has 4 fully saturated rings. The Morgan fingerprint density at radius 1 is 1.00 bits per heavy atom. The molecule has 3 aromatic rings. The molecule has 7 rings (SSSR count). The number of benzene rings is 2. The highest BCUT2D eigenvalue weighted by Crippen LogP contribution is 2.51. The Labute approximate surface area is 326 Å². The van der Waals surface area contributed by atoms with Gasteiger partial charge >= 0.3 is 6.09 Å². The standard InChI is InChI=1S/C41H49N5O9S/c1-40(2,3)55-39(50)43-32-15-11-6-5-10-14-30-31(24-47)41(30,45-56(51,52)28-17-18-28)44-37(48)35-21-27(23-46(35)38(32)49)54-36-22-33(25-12-8-7-9-13-25)42-34-20-26(53-4)16-19-29(34)36/h7-9,12-13,16,19-20,22,27-28,30,32,35,45H,5-6,10-11,14-15,17-18,21,23H2,1-4H3,(H,43,50)(H,44,48)/t27?,30-,32+,35+,41-/m1/s1. The molecular weight excluding hydrogens is 739 g/mol. The molecule has 298 valence electrons. The van der Waals surface area contributed by atoms with Gasteiger partial charge in [-0.25, -0.2) is 23.0 Å². The van der Waals surface area contributed by atoms with Gasteiger partial charge < -0.3 is 29.7 Å². The Morgan fingerprint density at radius 3 is 2.41 bits per heavy atom. The van der Waals surface area contributed by atoms with Crippen LogP contribution in [0.25, 0.3) is 22.2 Å². The lowest BCUT2D eigenvalue weighted by Gasteiger charge is -2.31. The molecule has 2 saturated carbocycles. The summed E-state index contributed by atoms with van der Waals surface area (Å²) in [6.07, 6.45) is 3.00. The van der Waals surface area contributed by atoms with Crippen molar-refractivity contribution < 1.29 is 41.8 Å². The van der Waals surface area contributed by atoms with Crippen LogP contribution >= 0.6 is 0 Å². The Bertz CT molecular complexity index is 2160. The SMILES string of the molecule is COc1ccc2c(OC3C[C@H]4C(=O)N[C@]5(NS(=O)(=O)C6CC6)C(=C=O)[C@H]5CCCCCC[C@H](NC(=O)OC(C)(C)C)C(=O)N4C3)cc(-c3ccccc3)nc2c1. The number of hydrogen-bond acceptors (Lipinski definition) is 10. The van der Waals surface area contributed by atoms with E-state index in [9.17, 15) is 27.6 Å². The fraction of sp³-hybridized carbons (Fsp3) is 0.512. The highest BCUT2D eigenvalue weighted by molar-refractivity contribution is 7.90. The second-order valence-corrected chi connectivity index (χ2v) is 18.1. The van der Waals surface area contributed by atoms with Gasteiger partial charge in [-0.2, -0.15) is 4.72 Å². The number of nitrogens with one attached hydrogen (secondary N) is 3. The van der Waals surface area contributed by atoms with Gasteiger partial charge in [0, 0.05) is 35.4 Å². The maximum atomic E-state index is 14.6. The highest BCUT2D eigenvalue weighted by Gasteiger charge is 2.66. The lowest BCUT2D eigenvalue weighted by Crippen LogP contribution is -2.59. The van der Waals surface area contributed by atoms with Crippen LogP contribution in [0.15, 0.2) is 60.2 Å². The zero-order chi connectivity index (χ0) is 39.8. The van der Waals surface area contributed by atoms with E-state index in [0.29, 0.717) is 66.6 Å². The molecule has 1 unspecified atom stereocenters. The lowest BCUT2D eigenvalue weighted by molar-refractivity contribution is -0.140. The monoisotopic (exact) mass is 787 g/mol. The highest BCUT2D eigenvalue weighted by atomic mass is 32.2. The predicted octanol–water partition coefficient (Wildman–Crippen LogP) is 4.79. The number of methoxy groups -OCH3 is 1. The summed E-state index contributed by atoms with van der Waals surface area (Å²) < 4.78 is 47.1. The smallest absolute Gasteiger partial charge is 0.408 e. The van der Waals surface area contributed by atoms with Crippen molar-refractivity contribution in [3.8, 4) is 22.8 Å². The Kier molecular flexibility index (Phi) is 10.9. The maximum absolute atomic E-state index is 14.6. The van der Waals surface area contributed by atoms with Crippen molar-refractivity contribution in [1.82, 2.24) is 25.2 Å². The number of alkyl carbamates (subject to hydrolysis) is 1. The molecule has 4 aliphatic rings. The molecule has 14 nitrogen and oxygen atoms in total. The summed E-state index contributed by atoms with van der Waals surface area (Å²) in [6.45, 7) is 5.17. The molecule has 0 bridgehead atoms. The first-order chi connectivity index (χ1) is 26.7. The molecule has 2 saturated heterocycles. The van der Waals surface area contributed by atoms with Gasteiger partial charge in [-0.15, -0.1) is 0 Å². The number of amides is 3. The van der Waals surface area contributed by atoms with E-state index in [1.807, 2.05) is 48.4 Å². The number of ether oxygens (including phenoxy) is 3. The van der Waals surface area contributed by atoms with E-state index in [4.69, 9.17) is 19.2 Å². The quantitative estimate of drug-likeness (QED) is 0.269. The average molecular weight is 788 g/mol. The van der Waals surface area contributed by atoms with Gasteiger partial charge in [0.25, 0.3) is 0 Å². The Morgan fingerprint density at radius 2 is 1.73 bits per heavy atom. The number of rotatable bonds is 8. The van der Waals surface area contributed by atoms with Crippen LogP contribution in [-0.2, 0) is 29.1 Å². The second-order valence-electron chi connectivity index (χ2n) is 16.1. The van der Waals surface area contributed by atoms with Gasteiger partial charge in [0.1, 0.15) is 46.9 Å². The number of pyridine rings is 1. The largest absolute Gasteiger partial charge is 0.497 e. The molecule has 3 amide bonds. The minimum absolute atomic E-state index is 0.0231. The third-order valence-electron chi connectivity index (χ3n) is 10.8. The number of aromatic nitrogens is 1. The number of carbonyl (C=O) groups is 3. The fourth-order valence-corrected chi connectivity index (χ4v) is 9.52. The normalized spacial score (nSPS) is 25.9. The summed E-state index contributed by atoms with van der Waals surface area (Å²) in [5.74, 6) is 1.28. The summed E-state index contributed by atoms with van der Waals surface area (Å²) >= 11 is 0. The van der Waals surface area contributed by atoms with Crippen molar-refractivity contribution in [3.05, 3.63) is 60.2 Å². The lowest BCUT2D eigenvalue weighted by atomic mass is 10.0. The number of sulfonamides is 1. The van der Waals surface area contributed by atoms with Crippen molar-refractivity contribution in [3.63, 3.8) is 0 Å². The molecular formula is C41H49N5O9S. The van der Waals surface area contributed by atoms with Crippen LogP contribution in [0.1, 0.15) is 78.6 Å². The first kappa shape index (κ1) is 39.3. The Balaban J connectivity index is 1.25. The molecule has 3 heterocycles. The van der Waals surface area contributed by atoms with Gasteiger partial charge in [-0.3, -0.25) is 9.59 Å². The van der Waals surface area contributed by atoms with Crippen LogP contribution < -0.4 is 24.8 Å². The number of nitrogens with zero attached hydrogens (tertiary/aromatic N) is 2. The summed E-state index contributed by atoms with van der Waals surface area (Å²) in [5, 5.41) is 5.73. The predicted molar refractivity (Wildman–Crippen MR) is 208 cm³/mol. The molecule has 3 N–H and O–H groups in total. The van der Waals surface area contributed by atoms with E-state index in [1.165, 1.54) is 4.90 Å². The molecule has 15 heteroatoms. The minimum atomic E-state index is -3.87. The van der Waals surface area contributed by atoms with Gasteiger partial charge in [0.2, 0.25) is 21.8 Å². The summed E-state index contributed by atoms with van der Waals surface area (Å²) in [6, 6.07) is 14.7. The summed E-state index contributed by atoms with van der Waals surface area (Å²) in [7, 11) is -2.30. The van der Waals surface area contributed by atoms with E-state index < -0.39 is 68.6 Å². The Hall–Kier alpha value is -4.98. The van der Waals surface area contributed by atoms with E-state index in [-0.39, 0.29) is 18.5 Å². The van der Waals surface area contributed by atoms with E-state index >= 15 is 0 Å². The number of hydrogen-bond donors (Lipinski definition) is 3. The van der Waals surface area contributed by atoms with Crippen LogP contribution in [0.3, 0.4) is 0 Å². The topological polar surface area (TPSA) is 182 Å². The van der Waals surface area contributed by atoms with Crippen LogP contribution in [0.4, 0.5) is 4.79 Å². The molecule has 5 atom stereocenters. The van der Waals surface area contributed by atoms with E-state index in [0.717, 1.165) is 18.4 Å². The maximum Gasteiger partial charge on any atom is 0.408 e. The van der Waals surface area contributed by atoms with Crippen molar-refractivity contribution in [2.75, 3.05) is 13.7 Å². The van der Waals surface area contributed by atoms with Crippen molar-refractivity contribution >= 4 is 44.8 Å². The average Bonchev–Trinajstić information content (AvgIpc) is 4.06. The zero-order valence-electron chi connectivity index (χ0n) is 32.1. The van der Waals surface area contributed by atoms with Crippen molar-refractivity contribution in [2.24, 2.45) is 5.92 Å². The second kappa shape index (κ2) is 15.5. The zero-order valence-corrected chi connectivity index (χ0v) is 32.9. The van der Waals surface area contributed by atoms with Crippen LogP contribution in [0.2, 0.25) is 0 Å². The summed E-state index contributed by atoms with van der Waals surface area (Å²) in [5.41, 5.74) is -0.195. The van der Waals surface area contributed by atoms with Crippen LogP contribution in [0.5, 0.6) is 11.5 Å². The minimum Gasteiger partial charge on any atom is -0.497 e. The van der Waals surface area contributed by atoms with Gasteiger partial charge in [-0.1, -0.05) is 56.0 Å². The molecule has 2 aliphatic carbocycles. The first-order valence-corrected chi connectivity index (χ1v) is 20.9. The van der Waals surface area contributed by atoms with Gasteiger partial charge in [0.15, 0.2) is 0 Å². The number of carbonyl (C=O) groups excluding carboxylic acids is 4. The van der Waals surface area contributed by atoms with Gasteiger partial charge in [-0.05, 0) is 58.6 Å². The molecule has 56 heavy (non-hydrogen) atoms. The fourth-order valence-electron chi connectivity index (χ4n) is 7.84. The first-order valence-electron chi connectivity index (χ1n) is 19.3. The molecule has 1 aromatic heterocycles.